The Hall–Kier alpha value is 0.160. The molecule has 6 heteroatoms. The van der Waals surface area contributed by atoms with Crippen LogP contribution in [0.15, 0.2) is 0 Å². The summed E-state index contributed by atoms with van der Waals surface area (Å²) in [6, 6.07) is 0. The number of sulfonamides is 1. The van der Waals surface area contributed by atoms with Gasteiger partial charge in [0.15, 0.2) is 0 Å². The smallest absolute Gasteiger partial charge is 0.211 e. The summed E-state index contributed by atoms with van der Waals surface area (Å²) in [5, 5.41) is 8.48. The van der Waals surface area contributed by atoms with E-state index in [4.69, 9.17) is 16.7 Å². The Morgan fingerprint density at radius 1 is 1.14 bits per heavy atom. The average molecular weight is 244 g/mol. The molecule has 0 spiro atoms. The number of aliphatic hydroxyl groups excluding tert-OH is 1. The Labute approximate surface area is 90.7 Å². The number of alkyl halides is 1. The quantitative estimate of drug-likeness (QED) is 0.463. The number of halogens is 1. The molecule has 0 rings (SSSR count). The molecule has 0 aromatic rings. The first-order chi connectivity index (χ1) is 6.62. The van der Waals surface area contributed by atoms with Crippen molar-refractivity contribution in [3.05, 3.63) is 0 Å². The fourth-order valence-corrected chi connectivity index (χ4v) is 2.30. The lowest BCUT2D eigenvalue weighted by Crippen LogP contribution is -2.27. The zero-order chi connectivity index (χ0) is 10.9. The van der Waals surface area contributed by atoms with Crippen LogP contribution in [0.3, 0.4) is 0 Å². The van der Waals surface area contributed by atoms with Crippen LogP contribution in [0.5, 0.6) is 0 Å². The van der Waals surface area contributed by atoms with Crippen LogP contribution in [0.2, 0.25) is 0 Å². The highest BCUT2D eigenvalue weighted by atomic mass is 35.5. The van der Waals surface area contributed by atoms with Crippen molar-refractivity contribution >= 4 is 21.6 Å². The molecule has 86 valence electrons. The van der Waals surface area contributed by atoms with Gasteiger partial charge in [-0.1, -0.05) is 0 Å². The molecule has 0 atom stereocenters. The van der Waals surface area contributed by atoms with Crippen LogP contribution in [-0.2, 0) is 10.0 Å². The minimum atomic E-state index is -3.12. The van der Waals surface area contributed by atoms with Crippen molar-refractivity contribution < 1.29 is 13.5 Å². The van der Waals surface area contributed by atoms with E-state index in [9.17, 15) is 8.42 Å². The number of hydrogen-bond acceptors (Lipinski definition) is 3. The Balaban J connectivity index is 3.52. The summed E-state index contributed by atoms with van der Waals surface area (Å²) in [6.45, 7) is 0.512. The van der Waals surface area contributed by atoms with Gasteiger partial charge in [0, 0.05) is 19.0 Å². The molecule has 0 amide bonds. The first-order valence-electron chi connectivity index (χ1n) is 4.76. The largest absolute Gasteiger partial charge is 0.396 e. The fourth-order valence-electron chi connectivity index (χ4n) is 0.923. The van der Waals surface area contributed by atoms with Gasteiger partial charge in [0.25, 0.3) is 0 Å². The predicted octanol–water partition coefficient (Wildman–Crippen LogP) is 0.697. The Bertz CT molecular complexity index is 219. The molecule has 0 aliphatic heterocycles. The zero-order valence-corrected chi connectivity index (χ0v) is 9.78. The molecule has 0 saturated heterocycles. The van der Waals surface area contributed by atoms with Gasteiger partial charge in [0.2, 0.25) is 10.0 Å². The van der Waals surface area contributed by atoms with E-state index in [-0.39, 0.29) is 12.4 Å². The Morgan fingerprint density at radius 3 is 2.43 bits per heavy atom. The van der Waals surface area contributed by atoms with Crippen LogP contribution in [0.25, 0.3) is 0 Å². The van der Waals surface area contributed by atoms with Crippen molar-refractivity contribution in [3.63, 3.8) is 0 Å². The van der Waals surface area contributed by atoms with Crippen molar-refractivity contribution in [3.8, 4) is 0 Å². The third-order valence-electron chi connectivity index (χ3n) is 1.70. The lowest BCUT2D eigenvalue weighted by molar-refractivity contribution is 0.285. The van der Waals surface area contributed by atoms with Crippen molar-refractivity contribution in [1.29, 1.82) is 0 Å². The van der Waals surface area contributed by atoms with E-state index < -0.39 is 10.0 Å². The first kappa shape index (κ1) is 14.2. The maximum absolute atomic E-state index is 11.3. The summed E-state index contributed by atoms with van der Waals surface area (Å²) in [5.41, 5.74) is 0. The lowest BCUT2D eigenvalue weighted by Gasteiger charge is -2.05. The van der Waals surface area contributed by atoms with E-state index in [2.05, 4.69) is 4.72 Å². The van der Waals surface area contributed by atoms with Crippen molar-refractivity contribution in [1.82, 2.24) is 4.72 Å². The lowest BCUT2D eigenvalue weighted by atomic mass is 10.3. The highest BCUT2D eigenvalue weighted by Crippen LogP contribution is 1.96. The Kier molecular flexibility index (Phi) is 8.56. The highest BCUT2D eigenvalue weighted by Gasteiger charge is 2.07. The SMILES string of the molecule is O=S(=O)(CCCCCl)NCCCCO. The van der Waals surface area contributed by atoms with Gasteiger partial charge in [-0.15, -0.1) is 11.6 Å². The summed E-state index contributed by atoms with van der Waals surface area (Å²) in [5.74, 6) is 0.638. The number of unbranched alkanes of at least 4 members (excludes halogenated alkanes) is 2. The van der Waals surface area contributed by atoms with Crippen LogP contribution in [-0.4, -0.2) is 38.3 Å². The summed E-state index contributed by atoms with van der Waals surface area (Å²) < 4.78 is 25.0. The summed E-state index contributed by atoms with van der Waals surface area (Å²) in [4.78, 5) is 0. The maximum atomic E-state index is 11.3. The molecule has 2 N–H and O–H groups in total. The molecule has 0 heterocycles. The second-order valence-electron chi connectivity index (χ2n) is 3.04. The predicted molar refractivity (Wildman–Crippen MR) is 58.1 cm³/mol. The standard InChI is InChI=1S/C8H18ClNO3S/c9-5-1-4-8-14(12,13)10-6-2-3-7-11/h10-11H,1-8H2. The summed E-state index contributed by atoms with van der Waals surface area (Å²) in [6.07, 6.45) is 2.62. The molecule has 0 bridgehead atoms. The van der Waals surface area contributed by atoms with Crippen molar-refractivity contribution in [2.24, 2.45) is 0 Å². The molecular weight excluding hydrogens is 226 g/mol. The van der Waals surface area contributed by atoms with Gasteiger partial charge in [-0.2, -0.15) is 0 Å². The number of nitrogens with one attached hydrogen (secondary N) is 1. The molecule has 0 aliphatic rings. The monoisotopic (exact) mass is 243 g/mol. The van der Waals surface area contributed by atoms with Crippen molar-refractivity contribution in [2.45, 2.75) is 25.7 Å². The van der Waals surface area contributed by atoms with E-state index in [0.29, 0.717) is 31.7 Å². The van der Waals surface area contributed by atoms with Crippen LogP contribution in [0, 0.1) is 0 Å². The molecule has 0 aliphatic carbocycles. The molecule has 4 nitrogen and oxygen atoms in total. The maximum Gasteiger partial charge on any atom is 0.211 e. The normalized spacial score (nSPS) is 11.9. The molecule has 0 radical (unpaired) electrons. The fraction of sp³-hybridized carbons (Fsp3) is 1.00. The van der Waals surface area contributed by atoms with Gasteiger partial charge < -0.3 is 5.11 Å². The van der Waals surface area contributed by atoms with Gasteiger partial charge in [0.1, 0.15) is 0 Å². The van der Waals surface area contributed by atoms with E-state index in [0.717, 1.165) is 6.42 Å². The van der Waals surface area contributed by atoms with Crippen LogP contribution in [0.4, 0.5) is 0 Å². The summed E-state index contributed by atoms with van der Waals surface area (Å²) in [7, 11) is -3.12. The molecule has 0 fully saturated rings. The number of aliphatic hydroxyl groups is 1. The third kappa shape index (κ3) is 8.74. The number of rotatable bonds is 9. The zero-order valence-electron chi connectivity index (χ0n) is 8.21. The molecular formula is C8H18ClNO3S. The number of hydrogen-bond donors (Lipinski definition) is 2. The van der Waals surface area contributed by atoms with Gasteiger partial charge in [-0.3, -0.25) is 0 Å². The van der Waals surface area contributed by atoms with Gasteiger partial charge in [0.05, 0.1) is 5.75 Å². The minimum absolute atomic E-state index is 0.105. The van der Waals surface area contributed by atoms with E-state index in [1.54, 1.807) is 0 Å². The molecule has 0 aromatic carbocycles. The van der Waals surface area contributed by atoms with Crippen molar-refractivity contribution in [2.75, 3.05) is 24.8 Å². The minimum Gasteiger partial charge on any atom is -0.396 e. The first-order valence-corrected chi connectivity index (χ1v) is 6.95. The van der Waals surface area contributed by atoms with E-state index >= 15 is 0 Å². The molecule has 0 aromatic heterocycles. The Morgan fingerprint density at radius 2 is 1.86 bits per heavy atom. The molecule has 0 saturated carbocycles. The van der Waals surface area contributed by atoms with Gasteiger partial charge in [-0.05, 0) is 25.7 Å². The second kappa shape index (κ2) is 8.47. The summed E-state index contributed by atoms with van der Waals surface area (Å²) >= 11 is 5.43. The third-order valence-corrected chi connectivity index (χ3v) is 3.44. The average Bonchev–Trinajstić information content (AvgIpc) is 2.13. The molecule has 14 heavy (non-hydrogen) atoms. The molecule has 0 unspecified atom stereocenters. The van der Waals surface area contributed by atoms with Crippen LogP contribution >= 0.6 is 11.6 Å². The van der Waals surface area contributed by atoms with E-state index in [1.165, 1.54) is 0 Å². The highest BCUT2D eigenvalue weighted by molar-refractivity contribution is 7.89. The van der Waals surface area contributed by atoms with Gasteiger partial charge >= 0.3 is 0 Å². The van der Waals surface area contributed by atoms with Gasteiger partial charge in [-0.25, -0.2) is 13.1 Å². The van der Waals surface area contributed by atoms with E-state index in [1.807, 2.05) is 0 Å². The second-order valence-corrected chi connectivity index (χ2v) is 5.34. The topological polar surface area (TPSA) is 66.4 Å². The van der Waals surface area contributed by atoms with Crippen LogP contribution in [0.1, 0.15) is 25.7 Å². The van der Waals surface area contributed by atoms with Crippen LogP contribution < -0.4 is 4.72 Å².